The smallest absolute Gasteiger partial charge is 0.339 e. The number of carbonyl (C=O) groups is 1. The Kier molecular flexibility index (Phi) is 3.31. The summed E-state index contributed by atoms with van der Waals surface area (Å²) in [7, 11) is 1.84. The van der Waals surface area contributed by atoms with Crippen molar-refractivity contribution in [3.8, 4) is 0 Å². The molecule has 0 saturated carbocycles. The molecule has 1 saturated heterocycles. The van der Waals surface area contributed by atoms with Gasteiger partial charge in [-0.2, -0.15) is 5.10 Å². The maximum Gasteiger partial charge on any atom is 0.339 e. The van der Waals surface area contributed by atoms with E-state index < -0.39 is 5.97 Å². The molecule has 6 nitrogen and oxygen atoms in total. The van der Waals surface area contributed by atoms with Gasteiger partial charge in [0, 0.05) is 25.8 Å². The highest BCUT2D eigenvalue weighted by molar-refractivity contribution is 6.05. The molecule has 112 valence electrons. The summed E-state index contributed by atoms with van der Waals surface area (Å²) in [5.74, 6) is -0.926. The molecule has 21 heavy (non-hydrogen) atoms. The Bertz CT molecular complexity index is 707. The zero-order valence-corrected chi connectivity index (χ0v) is 12.6. The highest BCUT2D eigenvalue weighted by Gasteiger charge is 2.30. The van der Waals surface area contributed by atoms with Crippen LogP contribution >= 0.6 is 0 Å². The van der Waals surface area contributed by atoms with Gasteiger partial charge >= 0.3 is 5.97 Å². The van der Waals surface area contributed by atoms with Crippen LogP contribution in [-0.4, -0.2) is 38.4 Å². The lowest BCUT2D eigenvalue weighted by Crippen LogP contribution is -2.30. The van der Waals surface area contributed by atoms with Gasteiger partial charge in [0.1, 0.15) is 5.56 Å². The number of anilines is 1. The predicted octanol–water partition coefficient (Wildman–Crippen LogP) is 2.35. The van der Waals surface area contributed by atoms with E-state index in [9.17, 15) is 9.90 Å². The molecule has 1 N–H and O–H groups in total. The van der Waals surface area contributed by atoms with Crippen LogP contribution < -0.4 is 4.90 Å². The second kappa shape index (κ2) is 5.02. The fourth-order valence-corrected chi connectivity index (χ4v) is 3.40. The van der Waals surface area contributed by atoms with Crippen molar-refractivity contribution < 1.29 is 9.90 Å². The number of fused-ring (bicyclic) bond motifs is 1. The lowest BCUT2D eigenvalue weighted by Gasteiger charge is -2.28. The number of aromatic carboxylic acids is 1. The minimum absolute atomic E-state index is 0.277. The average molecular weight is 288 g/mol. The highest BCUT2D eigenvalue weighted by atomic mass is 16.4. The molecule has 0 aliphatic carbocycles. The van der Waals surface area contributed by atoms with Gasteiger partial charge in [0.2, 0.25) is 0 Å². The van der Waals surface area contributed by atoms with E-state index in [1.165, 1.54) is 6.20 Å². The van der Waals surface area contributed by atoms with E-state index in [4.69, 9.17) is 0 Å². The number of rotatable bonds is 3. The van der Waals surface area contributed by atoms with Crippen LogP contribution in [0.2, 0.25) is 0 Å². The summed E-state index contributed by atoms with van der Waals surface area (Å²) in [4.78, 5) is 18.2. The van der Waals surface area contributed by atoms with Crippen LogP contribution in [0.3, 0.4) is 0 Å². The first-order chi connectivity index (χ1) is 10.0. The molecule has 0 aromatic carbocycles. The molecule has 0 radical (unpaired) electrons. The predicted molar refractivity (Wildman–Crippen MR) is 80.9 cm³/mol. The lowest BCUT2D eigenvalue weighted by molar-refractivity contribution is 0.0697. The number of pyridine rings is 1. The maximum absolute atomic E-state index is 11.6. The molecule has 0 amide bonds. The zero-order valence-electron chi connectivity index (χ0n) is 12.6. The second-order valence-electron chi connectivity index (χ2n) is 5.63. The number of carboxylic acid groups (broad SMARTS) is 1. The average Bonchev–Trinajstić information content (AvgIpc) is 3.03. The number of hydrogen-bond acceptors (Lipinski definition) is 4. The van der Waals surface area contributed by atoms with Gasteiger partial charge in [-0.05, 0) is 26.2 Å². The summed E-state index contributed by atoms with van der Waals surface area (Å²) < 4.78 is 1.72. The topological polar surface area (TPSA) is 71.2 Å². The minimum Gasteiger partial charge on any atom is -0.478 e. The summed E-state index contributed by atoms with van der Waals surface area (Å²) in [5, 5.41) is 14.8. The van der Waals surface area contributed by atoms with Gasteiger partial charge in [0.25, 0.3) is 0 Å². The Morgan fingerprint density at radius 1 is 1.52 bits per heavy atom. The van der Waals surface area contributed by atoms with Crippen molar-refractivity contribution in [1.29, 1.82) is 0 Å². The first kappa shape index (κ1) is 13.9. The Labute approximate surface area is 123 Å². The summed E-state index contributed by atoms with van der Waals surface area (Å²) >= 11 is 0. The molecule has 0 spiro atoms. The summed E-state index contributed by atoms with van der Waals surface area (Å²) in [5.41, 5.74) is 2.65. The lowest BCUT2D eigenvalue weighted by atomic mass is 10.1. The van der Waals surface area contributed by atoms with E-state index in [2.05, 4.69) is 21.9 Å². The number of aromatic nitrogens is 3. The van der Waals surface area contributed by atoms with Crippen molar-refractivity contribution in [1.82, 2.24) is 14.8 Å². The standard InChI is InChI=1S/C15H20N4O2/c1-4-10-6-5-7-19(10)13-11(15(20)21)8-16-14-12(13)9(2)17-18(14)3/h8,10H,4-7H2,1-3H3,(H,20,21). The third kappa shape index (κ3) is 2.05. The third-order valence-corrected chi connectivity index (χ3v) is 4.37. The van der Waals surface area contributed by atoms with Gasteiger partial charge in [-0.25, -0.2) is 9.78 Å². The molecular weight excluding hydrogens is 268 g/mol. The SMILES string of the molecule is CCC1CCCN1c1c(C(=O)O)cnc2c1c(C)nn2C. The van der Waals surface area contributed by atoms with Gasteiger partial charge in [0.05, 0.1) is 16.8 Å². The van der Waals surface area contributed by atoms with Crippen LogP contribution in [0.1, 0.15) is 42.2 Å². The monoisotopic (exact) mass is 288 g/mol. The van der Waals surface area contributed by atoms with Crippen molar-refractivity contribution in [3.63, 3.8) is 0 Å². The number of carboxylic acids is 1. The Morgan fingerprint density at radius 3 is 2.95 bits per heavy atom. The molecular formula is C15H20N4O2. The maximum atomic E-state index is 11.6. The van der Waals surface area contributed by atoms with Crippen molar-refractivity contribution in [2.75, 3.05) is 11.4 Å². The van der Waals surface area contributed by atoms with Gasteiger partial charge in [-0.1, -0.05) is 6.92 Å². The van der Waals surface area contributed by atoms with Gasteiger partial charge < -0.3 is 10.0 Å². The quantitative estimate of drug-likeness (QED) is 0.938. The number of aryl methyl sites for hydroxylation is 2. The number of hydrogen-bond donors (Lipinski definition) is 1. The molecule has 0 bridgehead atoms. The Balaban J connectivity index is 2.31. The largest absolute Gasteiger partial charge is 0.478 e. The summed E-state index contributed by atoms with van der Waals surface area (Å²) in [6.45, 7) is 4.96. The van der Waals surface area contributed by atoms with Crippen LogP contribution in [0.5, 0.6) is 0 Å². The van der Waals surface area contributed by atoms with E-state index in [0.717, 1.165) is 48.2 Å². The molecule has 3 heterocycles. The van der Waals surface area contributed by atoms with E-state index in [1.54, 1.807) is 4.68 Å². The molecule has 1 atom stereocenters. The van der Waals surface area contributed by atoms with Gasteiger partial charge in [-0.3, -0.25) is 4.68 Å². The molecule has 1 aliphatic rings. The highest BCUT2D eigenvalue weighted by Crippen LogP contribution is 2.36. The normalized spacial score (nSPS) is 18.6. The zero-order chi connectivity index (χ0) is 15.1. The van der Waals surface area contributed by atoms with Crippen LogP contribution in [0.4, 0.5) is 5.69 Å². The number of nitrogens with zero attached hydrogens (tertiary/aromatic N) is 4. The minimum atomic E-state index is -0.926. The first-order valence-electron chi connectivity index (χ1n) is 7.36. The third-order valence-electron chi connectivity index (χ3n) is 4.37. The molecule has 1 unspecified atom stereocenters. The summed E-state index contributed by atoms with van der Waals surface area (Å²) in [6.07, 6.45) is 4.69. The van der Waals surface area contributed by atoms with E-state index in [1.807, 2.05) is 14.0 Å². The van der Waals surface area contributed by atoms with E-state index >= 15 is 0 Å². The van der Waals surface area contributed by atoms with E-state index in [0.29, 0.717) is 6.04 Å². The fraction of sp³-hybridized carbons (Fsp3) is 0.533. The van der Waals surface area contributed by atoms with Crippen molar-refractivity contribution in [2.45, 2.75) is 39.2 Å². The molecule has 6 heteroatoms. The molecule has 1 aliphatic heterocycles. The van der Waals surface area contributed by atoms with Crippen molar-refractivity contribution in [2.24, 2.45) is 7.05 Å². The van der Waals surface area contributed by atoms with Gasteiger partial charge in [0.15, 0.2) is 5.65 Å². The fourth-order valence-electron chi connectivity index (χ4n) is 3.40. The van der Waals surface area contributed by atoms with Crippen LogP contribution in [0.15, 0.2) is 6.20 Å². The summed E-state index contributed by atoms with van der Waals surface area (Å²) in [6, 6.07) is 0.397. The molecule has 3 rings (SSSR count). The molecule has 2 aromatic rings. The Morgan fingerprint density at radius 2 is 2.29 bits per heavy atom. The van der Waals surface area contributed by atoms with Crippen LogP contribution in [0.25, 0.3) is 11.0 Å². The Hall–Kier alpha value is -2.11. The van der Waals surface area contributed by atoms with Crippen LogP contribution in [0, 0.1) is 6.92 Å². The molecule has 1 fully saturated rings. The first-order valence-corrected chi connectivity index (χ1v) is 7.36. The van der Waals surface area contributed by atoms with Crippen LogP contribution in [-0.2, 0) is 7.05 Å². The second-order valence-corrected chi connectivity index (χ2v) is 5.63. The molecule has 2 aromatic heterocycles. The van der Waals surface area contributed by atoms with Gasteiger partial charge in [-0.15, -0.1) is 0 Å². The van der Waals surface area contributed by atoms with Crippen molar-refractivity contribution in [3.05, 3.63) is 17.5 Å². The van der Waals surface area contributed by atoms with E-state index in [-0.39, 0.29) is 5.56 Å². The van der Waals surface area contributed by atoms with Crippen molar-refractivity contribution >= 4 is 22.7 Å².